The third-order valence-electron chi connectivity index (χ3n) is 5.09. The fourth-order valence-electron chi connectivity index (χ4n) is 2.23. The molecule has 0 atom stereocenters. The van der Waals surface area contributed by atoms with Gasteiger partial charge in [0.05, 0.1) is 11.4 Å². The number of nitrogen functional groups attached to an aromatic ring is 1. The summed E-state index contributed by atoms with van der Waals surface area (Å²) in [6.45, 7) is 19.8. The third kappa shape index (κ3) is 4.09. The van der Waals surface area contributed by atoms with Gasteiger partial charge in [0.15, 0.2) is 0 Å². The van der Waals surface area contributed by atoms with Gasteiger partial charge in [-0.2, -0.15) is 5.10 Å². The Bertz CT molecular complexity index is 764. The summed E-state index contributed by atoms with van der Waals surface area (Å²) in [5.74, 6) is 1.57. The van der Waals surface area contributed by atoms with Crippen LogP contribution in [-0.4, -0.2) is 18.1 Å². The van der Waals surface area contributed by atoms with Crippen LogP contribution in [0.1, 0.15) is 52.8 Å². The molecule has 0 amide bonds. The van der Waals surface area contributed by atoms with Crippen molar-refractivity contribution in [2.24, 2.45) is 0 Å². The highest BCUT2D eigenvalue weighted by atomic mass is 28.4. The van der Waals surface area contributed by atoms with Crippen LogP contribution in [0.3, 0.4) is 0 Å². The highest BCUT2D eigenvalue weighted by Crippen LogP contribution is 2.38. The van der Waals surface area contributed by atoms with Crippen molar-refractivity contribution in [3.8, 4) is 11.4 Å². The van der Waals surface area contributed by atoms with E-state index in [0.717, 1.165) is 22.7 Å². The van der Waals surface area contributed by atoms with E-state index in [0.29, 0.717) is 5.82 Å². The van der Waals surface area contributed by atoms with E-state index in [1.165, 1.54) is 0 Å². The number of nitrogens with two attached hydrogens (primary N) is 1. The Balaban J connectivity index is 2.45. The molecule has 2 rings (SSSR count). The minimum atomic E-state index is -1.90. The van der Waals surface area contributed by atoms with Crippen LogP contribution in [0.25, 0.3) is 5.69 Å². The van der Waals surface area contributed by atoms with E-state index in [2.05, 4.69) is 73.7 Å². The molecule has 0 bridgehead atoms. The molecule has 1 aromatic carbocycles. The van der Waals surface area contributed by atoms with E-state index in [9.17, 15) is 0 Å². The molecule has 0 aliphatic heterocycles. The van der Waals surface area contributed by atoms with Gasteiger partial charge in [-0.3, -0.25) is 0 Å². The summed E-state index contributed by atoms with van der Waals surface area (Å²) in [6.07, 6.45) is 0. The summed E-state index contributed by atoms with van der Waals surface area (Å²) >= 11 is 0. The maximum absolute atomic E-state index is 6.53. The summed E-state index contributed by atoms with van der Waals surface area (Å²) in [6, 6.07) is 8.14. The SMILES string of the molecule is Cc1ccc(-n2nc(C(C)(C)C)cc2N)cc1O[Si](C)(C)C(C)(C)C. The fourth-order valence-corrected chi connectivity index (χ4v) is 3.30. The smallest absolute Gasteiger partial charge is 0.250 e. The molecule has 0 radical (unpaired) electrons. The van der Waals surface area contributed by atoms with Crippen molar-refractivity contribution in [1.29, 1.82) is 0 Å². The predicted molar refractivity (Wildman–Crippen MR) is 109 cm³/mol. The number of anilines is 1. The molecule has 2 N–H and O–H groups in total. The minimum absolute atomic E-state index is 0.0372. The number of hydrogen-bond acceptors (Lipinski definition) is 3. The van der Waals surface area contributed by atoms with Gasteiger partial charge >= 0.3 is 0 Å². The van der Waals surface area contributed by atoms with Crippen molar-refractivity contribution in [1.82, 2.24) is 9.78 Å². The van der Waals surface area contributed by atoms with Gasteiger partial charge in [0.2, 0.25) is 8.32 Å². The summed E-state index contributed by atoms with van der Waals surface area (Å²) in [5.41, 5.74) is 9.24. The zero-order valence-electron chi connectivity index (χ0n) is 17.2. The molecular weight excluding hydrogens is 326 g/mol. The van der Waals surface area contributed by atoms with E-state index >= 15 is 0 Å². The van der Waals surface area contributed by atoms with Crippen molar-refractivity contribution in [2.45, 2.75) is 72.0 Å². The molecule has 1 aromatic heterocycles. The Kier molecular flexibility index (Phi) is 4.85. The molecule has 138 valence electrons. The second-order valence-corrected chi connectivity index (χ2v) is 14.2. The second-order valence-electron chi connectivity index (χ2n) is 9.43. The largest absolute Gasteiger partial charge is 0.543 e. The van der Waals surface area contributed by atoms with Gasteiger partial charge in [0.25, 0.3) is 0 Å². The molecule has 0 saturated heterocycles. The first kappa shape index (κ1) is 19.6. The molecule has 0 fully saturated rings. The molecule has 2 aromatic rings. The molecule has 4 nitrogen and oxygen atoms in total. The van der Waals surface area contributed by atoms with Crippen LogP contribution in [0.15, 0.2) is 24.3 Å². The second kappa shape index (κ2) is 6.20. The molecule has 0 aliphatic carbocycles. The maximum atomic E-state index is 6.53. The van der Waals surface area contributed by atoms with Crippen LogP contribution in [0, 0.1) is 6.92 Å². The Morgan fingerprint density at radius 1 is 1.04 bits per heavy atom. The van der Waals surface area contributed by atoms with Gasteiger partial charge in [0, 0.05) is 17.5 Å². The van der Waals surface area contributed by atoms with Gasteiger partial charge in [-0.25, -0.2) is 4.68 Å². The van der Waals surface area contributed by atoms with E-state index in [1.54, 1.807) is 4.68 Å². The van der Waals surface area contributed by atoms with Crippen LogP contribution in [0.2, 0.25) is 18.1 Å². The molecule has 0 unspecified atom stereocenters. The first-order chi connectivity index (χ1) is 11.2. The predicted octanol–water partition coefficient (Wildman–Crippen LogP) is 5.44. The van der Waals surface area contributed by atoms with E-state index in [4.69, 9.17) is 15.3 Å². The van der Waals surface area contributed by atoms with Gasteiger partial charge in [-0.05, 0) is 36.7 Å². The molecular formula is C20H33N3OSi. The van der Waals surface area contributed by atoms with Crippen LogP contribution in [-0.2, 0) is 5.41 Å². The molecule has 1 heterocycles. The minimum Gasteiger partial charge on any atom is -0.543 e. The Labute approximate surface area is 153 Å². The van der Waals surface area contributed by atoms with Crippen molar-refractivity contribution >= 4 is 14.1 Å². The molecule has 0 saturated carbocycles. The normalized spacial score (nSPS) is 13.2. The zero-order valence-corrected chi connectivity index (χ0v) is 18.2. The Morgan fingerprint density at radius 2 is 1.64 bits per heavy atom. The maximum Gasteiger partial charge on any atom is 0.250 e. The van der Waals surface area contributed by atoms with Gasteiger partial charge in [-0.15, -0.1) is 0 Å². The standard InChI is InChI=1S/C20H33N3OSi/c1-14-10-11-15(12-16(14)24-25(8,9)20(5,6)7)23-18(21)13-17(22-23)19(2,3)4/h10-13H,21H2,1-9H3. The number of benzene rings is 1. The summed E-state index contributed by atoms with van der Waals surface area (Å²) < 4.78 is 8.33. The fraction of sp³-hybridized carbons (Fsp3) is 0.550. The van der Waals surface area contributed by atoms with Crippen LogP contribution < -0.4 is 10.2 Å². The summed E-state index contributed by atoms with van der Waals surface area (Å²) in [7, 11) is -1.90. The van der Waals surface area contributed by atoms with Crippen LogP contribution in [0.4, 0.5) is 5.82 Å². The monoisotopic (exact) mass is 359 g/mol. The van der Waals surface area contributed by atoms with Crippen molar-refractivity contribution in [3.63, 3.8) is 0 Å². The topological polar surface area (TPSA) is 53.1 Å². The lowest BCUT2D eigenvalue weighted by Gasteiger charge is -2.37. The van der Waals surface area contributed by atoms with Crippen molar-refractivity contribution in [3.05, 3.63) is 35.5 Å². The van der Waals surface area contributed by atoms with E-state index in [1.807, 2.05) is 12.1 Å². The third-order valence-corrected chi connectivity index (χ3v) is 9.44. The van der Waals surface area contributed by atoms with Gasteiger partial charge in [0.1, 0.15) is 11.6 Å². The van der Waals surface area contributed by atoms with E-state index < -0.39 is 8.32 Å². The lowest BCUT2D eigenvalue weighted by Crippen LogP contribution is -2.44. The zero-order chi connectivity index (χ0) is 19.2. The highest BCUT2D eigenvalue weighted by Gasteiger charge is 2.39. The number of aromatic nitrogens is 2. The Hall–Kier alpha value is -1.75. The Morgan fingerprint density at radius 3 is 2.12 bits per heavy atom. The van der Waals surface area contributed by atoms with Gasteiger partial charge < -0.3 is 10.2 Å². The van der Waals surface area contributed by atoms with Crippen molar-refractivity contribution < 1.29 is 4.43 Å². The molecule has 0 aliphatic rings. The lowest BCUT2D eigenvalue weighted by molar-refractivity contribution is 0.489. The number of nitrogens with zero attached hydrogens (tertiary/aromatic N) is 2. The van der Waals surface area contributed by atoms with Crippen LogP contribution >= 0.6 is 0 Å². The lowest BCUT2D eigenvalue weighted by atomic mass is 9.92. The number of aryl methyl sites for hydroxylation is 1. The number of rotatable bonds is 3. The summed E-state index contributed by atoms with van der Waals surface area (Å²) in [5, 5.41) is 4.87. The van der Waals surface area contributed by atoms with Crippen molar-refractivity contribution in [2.75, 3.05) is 5.73 Å². The highest BCUT2D eigenvalue weighted by molar-refractivity contribution is 6.74. The summed E-state index contributed by atoms with van der Waals surface area (Å²) in [4.78, 5) is 0. The average molecular weight is 360 g/mol. The number of hydrogen-bond donors (Lipinski definition) is 1. The quantitative estimate of drug-likeness (QED) is 0.742. The van der Waals surface area contributed by atoms with E-state index in [-0.39, 0.29) is 10.5 Å². The average Bonchev–Trinajstić information content (AvgIpc) is 2.82. The molecule has 25 heavy (non-hydrogen) atoms. The van der Waals surface area contributed by atoms with Gasteiger partial charge in [-0.1, -0.05) is 47.6 Å². The van der Waals surface area contributed by atoms with Crippen LogP contribution in [0.5, 0.6) is 5.75 Å². The molecule has 0 spiro atoms. The molecule has 5 heteroatoms. The first-order valence-electron chi connectivity index (χ1n) is 8.88. The first-order valence-corrected chi connectivity index (χ1v) is 11.8.